The van der Waals surface area contributed by atoms with Crippen LogP contribution in [0.25, 0.3) is 17.0 Å². The molecule has 1 aliphatic heterocycles. The Morgan fingerprint density at radius 3 is 2.38 bits per heavy atom. The van der Waals surface area contributed by atoms with Crippen molar-refractivity contribution in [3.8, 4) is 17.7 Å². The van der Waals surface area contributed by atoms with Crippen LogP contribution in [0.15, 0.2) is 48.5 Å². The zero-order valence-electron chi connectivity index (χ0n) is 16.9. The van der Waals surface area contributed by atoms with Crippen LogP contribution >= 0.6 is 0 Å². The molecule has 4 aromatic rings. The second-order valence-corrected chi connectivity index (χ2v) is 7.08. The Labute approximate surface area is 181 Å². The van der Waals surface area contributed by atoms with Crippen LogP contribution in [0.1, 0.15) is 12.2 Å². The molecule has 11 heteroatoms. The molecule has 0 radical (unpaired) electrons. The van der Waals surface area contributed by atoms with Crippen LogP contribution in [0.2, 0.25) is 0 Å². The summed E-state index contributed by atoms with van der Waals surface area (Å²) >= 11 is 0. The minimum absolute atomic E-state index is 0.00376. The average molecular weight is 439 g/mol. The number of aromatic nitrogens is 5. The quantitative estimate of drug-likeness (QED) is 0.472. The molecule has 3 heterocycles. The number of nitrogen functional groups attached to an aromatic ring is 1. The lowest BCUT2D eigenvalue weighted by molar-refractivity contribution is 0.122. The molecule has 1 aliphatic rings. The summed E-state index contributed by atoms with van der Waals surface area (Å²) in [6.45, 7) is 2.12. The highest BCUT2D eigenvalue weighted by atomic mass is 19.3. The van der Waals surface area contributed by atoms with Gasteiger partial charge in [0.25, 0.3) is 6.43 Å². The first kappa shape index (κ1) is 20.1. The van der Waals surface area contributed by atoms with Gasteiger partial charge in [-0.05, 0) is 36.4 Å². The van der Waals surface area contributed by atoms with Gasteiger partial charge in [-0.3, -0.25) is 4.57 Å². The fourth-order valence-electron chi connectivity index (χ4n) is 3.43. The predicted octanol–water partition coefficient (Wildman–Crippen LogP) is 3.36. The highest BCUT2D eigenvalue weighted by Gasteiger charge is 2.24. The monoisotopic (exact) mass is 439 g/mol. The lowest BCUT2D eigenvalue weighted by Gasteiger charge is -2.27. The van der Waals surface area contributed by atoms with Crippen molar-refractivity contribution >= 4 is 22.7 Å². The van der Waals surface area contributed by atoms with E-state index in [1.807, 2.05) is 4.90 Å². The van der Waals surface area contributed by atoms with Gasteiger partial charge in [0.2, 0.25) is 11.9 Å². The standard InChI is InChI=1S/C21H19F2N7O2/c22-17(23)18-25-15-3-1-2-4-16(15)30(18)20-26-19(29-9-11-31-12-10-29)27-21(28-20)32-14-7-5-13(24)6-8-14/h1-8,17H,9-12,24H2. The minimum Gasteiger partial charge on any atom is -0.424 e. The fraction of sp³-hybridized carbons (Fsp3) is 0.238. The molecule has 0 atom stereocenters. The summed E-state index contributed by atoms with van der Waals surface area (Å²) in [6, 6.07) is 13.5. The Bertz CT molecular complexity index is 1240. The van der Waals surface area contributed by atoms with E-state index >= 15 is 0 Å². The molecule has 2 aromatic carbocycles. The number of morpholine rings is 1. The Balaban J connectivity index is 1.65. The van der Waals surface area contributed by atoms with E-state index in [-0.39, 0.29) is 12.0 Å². The summed E-state index contributed by atoms with van der Waals surface area (Å²) in [5.41, 5.74) is 7.18. The highest BCUT2D eigenvalue weighted by Crippen LogP contribution is 2.29. The molecular formula is C21H19F2N7O2. The maximum Gasteiger partial charge on any atom is 0.328 e. The Hall–Kier alpha value is -3.86. The topological polar surface area (TPSA) is 104 Å². The number of rotatable bonds is 5. The van der Waals surface area contributed by atoms with Crippen molar-refractivity contribution in [3.05, 3.63) is 54.4 Å². The normalized spacial score (nSPS) is 14.3. The van der Waals surface area contributed by atoms with Crippen LogP contribution in [-0.2, 0) is 4.74 Å². The second kappa shape index (κ2) is 8.35. The van der Waals surface area contributed by atoms with E-state index in [0.29, 0.717) is 54.7 Å². The lowest BCUT2D eigenvalue weighted by atomic mass is 10.3. The van der Waals surface area contributed by atoms with Gasteiger partial charge in [0.1, 0.15) is 5.75 Å². The number of imidazole rings is 1. The third-order valence-electron chi connectivity index (χ3n) is 4.96. The van der Waals surface area contributed by atoms with Crippen molar-refractivity contribution in [3.63, 3.8) is 0 Å². The van der Waals surface area contributed by atoms with Gasteiger partial charge >= 0.3 is 6.01 Å². The van der Waals surface area contributed by atoms with Gasteiger partial charge in [-0.15, -0.1) is 0 Å². The Morgan fingerprint density at radius 2 is 1.62 bits per heavy atom. The zero-order chi connectivity index (χ0) is 22.1. The number of fused-ring (bicyclic) bond motifs is 1. The molecule has 164 valence electrons. The molecule has 2 aromatic heterocycles. The first-order valence-electron chi connectivity index (χ1n) is 9.96. The van der Waals surface area contributed by atoms with Gasteiger partial charge in [-0.25, -0.2) is 13.8 Å². The predicted molar refractivity (Wildman–Crippen MR) is 113 cm³/mol. The van der Waals surface area contributed by atoms with Crippen molar-refractivity contribution in [2.45, 2.75) is 6.43 Å². The number of hydrogen-bond acceptors (Lipinski definition) is 8. The zero-order valence-corrected chi connectivity index (χ0v) is 16.9. The molecular weight excluding hydrogens is 420 g/mol. The Morgan fingerprint density at radius 1 is 0.906 bits per heavy atom. The largest absolute Gasteiger partial charge is 0.424 e. The summed E-state index contributed by atoms with van der Waals surface area (Å²) in [5, 5.41) is 0. The highest BCUT2D eigenvalue weighted by molar-refractivity contribution is 5.77. The van der Waals surface area contributed by atoms with Gasteiger partial charge < -0.3 is 20.1 Å². The molecule has 0 aliphatic carbocycles. The van der Waals surface area contributed by atoms with Crippen LogP contribution in [0.5, 0.6) is 11.8 Å². The second-order valence-electron chi connectivity index (χ2n) is 7.08. The molecule has 2 N–H and O–H groups in total. The molecule has 32 heavy (non-hydrogen) atoms. The maximum atomic E-state index is 13.9. The van der Waals surface area contributed by atoms with Crippen molar-refractivity contribution in [2.75, 3.05) is 36.9 Å². The van der Waals surface area contributed by atoms with Gasteiger partial charge in [0, 0.05) is 18.8 Å². The molecule has 0 unspecified atom stereocenters. The van der Waals surface area contributed by atoms with Gasteiger partial charge in [0.15, 0.2) is 5.82 Å². The molecule has 9 nitrogen and oxygen atoms in total. The molecule has 0 saturated carbocycles. The van der Waals surface area contributed by atoms with Crippen LogP contribution in [-0.4, -0.2) is 50.8 Å². The number of benzene rings is 2. The molecule has 0 bridgehead atoms. The van der Waals surface area contributed by atoms with E-state index in [4.69, 9.17) is 15.2 Å². The third-order valence-corrected chi connectivity index (χ3v) is 4.96. The van der Waals surface area contributed by atoms with E-state index in [9.17, 15) is 8.78 Å². The first-order chi connectivity index (χ1) is 15.6. The van der Waals surface area contributed by atoms with Crippen LogP contribution in [0, 0.1) is 0 Å². The summed E-state index contributed by atoms with van der Waals surface area (Å²) in [7, 11) is 0. The number of halogens is 2. The van der Waals surface area contributed by atoms with E-state index in [1.54, 1.807) is 48.5 Å². The summed E-state index contributed by atoms with van der Waals surface area (Å²) in [6.07, 6.45) is -2.83. The van der Waals surface area contributed by atoms with Gasteiger partial charge in [0.05, 0.1) is 24.2 Å². The van der Waals surface area contributed by atoms with Crippen LogP contribution in [0.3, 0.4) is 0 Å². The van der Waals surface area contributed by atoms with Crippen molar-refractivity contribution < 1.29 is 18.3 Å². The smallest absolute Gasteiger partial charge is 0.328 e. The number of anilines is 2. The summed E-state index contributed by atoms with van der Waals surface area (Å²) in [5.74, 6) is 0.301. The minimum atomic E-state index is -2.83. The van der Waals surface area contributed by atoms with Crippen molar-refractivity contribution in [1.29, 1.82) is 0 Å². The van der Waals surface area contributed by atoms with E-state index < -0.39 is 12.2 Å². The number of alkyl halides is 2. The molecule has 0 amide bonds. The number of hydrogen-bond donors (Lipinski definition) is 1. The average Bonchev–Trinajstić information content (AvgIpc) is 3.21. The van der Waals surface area contributed by atoms with Gasteiger partial charge in [-0.1, -0.05) is 12.1 Å². The molecule has 5 rings (SSSR count). The van der Waals surface area contributed by atoms with E-state index in [1.165, 1.54) is 4.57 Å². The van der Waals surface area contributed by atoms with Crippen LogP contribution < -0.4 is 15.4 Å². The van der Waals surface area contributed by atoms with Gasteiger partial charge in [-0.2, -0.15) is 15.0 Å². The fourth-order valence-corrected chi connectivity index (χ4v) is 3.43. The number of nitrogens with two attached hydrogens (primary N) is 1. The SMILES string of the molecule is Nc1ccc(Oc2nc(N3CCOCC3)nc(-n3c(C(F)F)nc4ccccc43)n2)cc1. The molecule has 0 spiro atoms. The van der Waals surface area contributed by atoms with Crippen molar-refractivity contribution in [2.24, 2.45) is 0 Å². The van der Waals surface area contributed by atoms with Crippen molar-refractivity contribution in [1.82, 2.24) is 24.5 Å². The summed E-state index contributed by atoms with van der Waals surface area (Å²) in [4.78, 5) is 19.2. The third kappa shape index (κ3) is 3.89. The lowest BCUT2D eigenvalue weighted by Crippen LogP contribution is -2.37. The number of nitrogens with zero attached hydrogens (tertiary/aromatic N) is 6. The first-order valence-corrected chi connectivity index (χ1v) is 9.96. The van der Waals surface area contributed by atoms with Crippen LogP contribution in [0.4, 0.5) is 20.4 Å². The molecule has 1 saturated heterocycles. The maximum absolute atomic E-state index is 13.9. The molecule has 1 fully saturated rings. The number of para-hydroxylation sites is 2. The number of ether oxygens (including phenoxy) is 2. The Kier molecular flexibility index (Phi) is 5.23. The van der Waals surface area contributed by atoms with E-state index in [2.05, 4.69) is 19.9 Å². The summed E-state index contributed by atoms with van der Waals surface area (Å²) < 4.78 is 40.2. The van der Waals surface area contributed by atoms with E-state index in [0.717, 1.165) is 0 Å².